The Bertz CT molecular complexity index is 802. The average Bonchev–Trinajstić information content (AvgIpc) is 2.68. The average molecular weight is 394 g/mol. The summed E-state index contributed by atoms with van der Waals surface area (Å²) in [6.45, 7) is 0.433. The highest BCUT2D eigenvalue weighted by Crippen LogP contribution is 2.36. The number of nitrogens with one attached hydrogen (secondary N) is 1. The van der Waals surface area contributed by atoms with Crippen LogP contribution in [0.15, 0.2) is 30.6 Å². The van der Waals surface area contributed by atoms with Gasteiger partial charge in [0.2, 0.25) is 0 Å². The predicted molar refractivity (Wildman–Crippen MR) is 101 cm³/mol. The SMILES string of the molecule is OC1CCC(N[C@H]2C[C@@H](C(F)(F)F)CN(c3cccc4nccnc34)C2)CC1. The molecule has 2 N–H and O–H groups in total. The molecule has 152 valence electrons. The maximum absolute atomic E-state index is 13.6. The molecule has 1 saturated carbocycles. The molecule has 0 unspecified atom stereocenters. The van der Waals surface area contributed by atoms with Gasteiger partial charge in [0.25, 0.3) is 0 Å². The van der Waals surface area contributed by atoms with Crippen LogP contribution in [0, 0.1) is 5.92 Å². The second kappa shape index (κ2) is 7.83. The number of piperidine rings is 1. The molecule has 0 bridgehead atoms. The number of hydrogen-bond acceptors (Lipinski definition) is 5. The zero-order valence-corrected chi connectivity index (χ0v) is 15.6. The van der Waals surface area contributed by atoms with E-state index in [9.17, 15) is 18.3 Å². The lowest BCUT2D eigenvalue weighted by molar-refractivity contribution is -0.177. The molecule has 8 heteroatoms. The van der Waals surface area contributed by atoms with Crippen molar-refractivity contribution in [3.63, 3.8) is 0 Å². The molecule has 0 radical (unpaired) electrons. The molecule has 0 spiro atoms. The molecule has 1 aliphatic carbocycles. The highest BCUT2D eigenvalue weighted by atomic mass is 19.4. The first-order chi connectivity index (χ1) is 13.4. The Morgan fingerprint density at radius 3 is 2.50 bits per heavy atom. The summed E-state index contributed by atoms with van der Waals surface area (Å²) >= 11 is 0. The molecule has 1 saturated heterocycles. The molecule has 2 fully saturated rings. The lowest BCUT2D eigenvalue weighted by Gasteiger charge is -2.42. The summed E-state index contributed by atoms with van der Waals surface area (Å²) in [6, 6.07) is 5.36. The minimum Gasteiger partial charge on any atom is -0.393 e. The summed E-state index contributed by atoms with van der Waals surface area (Å²) in [4.78, 5) is 10.4. The van der Waals surface area contributed by atoms with Crippen molar-refractivity contribution in [2.24, 2.45) is 5.92 Å². The van der Waals surface area contributed by atoms with Crippen molar-refractivity contribution in [3.8, 4) is 0 Å². The van der Waals surface area contributed by atoms with Crippen molar-refractivity contribution in [2.75, 3.05) is 18.0 Å². The third-order valence-electron chi connectivity index (χ3n) is 5.90. The Morgan fingerprint density at radius 2 is 1.75 bits per heavy atom. The van der Waals surface area contributed by atoms with Gasteiger partial charge in [0, 0.05) is 37.6 Å². The first kappa shape index (κ1) is 19.4. The number of aliphatic hydroxyl groups excluding tert-OH is 1. The minimum absolute atomic E-state index is 0.0687. The van der Waals surface area contributed by atoms with Crippen LogP contribution in [0.5, 0.6) is 0 Å². The zero-order valence-electron chi connectivity index (χ0n) is 15.6. The molecular weight excluding hydrogens is 369 g/mol. The first-order valence-corrected chi connectivity index (χ1v) is 9.85. The van der Waals surface area contributed by atoms with Gasteiger partial charge < -0.3 is 15.3 Å². The van der Waals surface area contributed by atoms with Crippen molar-refractivity contribution in [1.29, 1.82) is 0 Å². The summed E-state index contributed by atoms with van der Waals surface area (Å²) in [7, 11) is 0. The normalized spacial score (nSPS) is 29.2. The van der Waals surface area contributed by atoms with Crippen LogP contribution in [0.4, 0.5) is 18.9 Å². The van der Waals surface area contributed by atoms with Crippen LogP contribution in [-0.4, -0.2) is 52.5 Å². The highest BCUT2D eigenvalue weighted by molar-refractivity contribution is 5.88. The number of fused-ring (bicyclic) bond motifs is 1. The monoisotopic (exact) mass is 394 g/mol. The Labute approximate surface area is 162 Å². The Morgan fingerprint density at radius 1 is 1.00 bits per heavy atom. The van der Waals surface area contributed by atoms with Gasteiger partial charge in [-0.2, -0.15) is 13.2 Å². The molecule has 28 heavy (non-hydrogen) atoms. The van der Waals surface area contributed by atoms with E-state index >= 15 is 0 Å². The van der Waals surface area contributed by atoms with Gasteiger partial charge in [0.1, 0.15) is 5.52 Å². The quantitative estimate of drug-likeness (QED) is 0.837. The number of rotatable bonds is 3. The first-order valence-electron chi connectivity index (χ1n) is 9.85. The number of para-hydroxylation sites is 1. The lowest BCUT2D eigenvalue weighted by atomic mass is 9.89. The van der Waals surface area contributed by atoms with Gasteiger partial charge in [-0.05, 0) is 44.2 Å². The van der Waals surface area contributed by atoms with Crippen LogP contribution in [0.25, 0.3) is 11.0 Å². The fourth-order valence-electron chi connectivity index (χ4n) is 4.46. The fraction of sp³-hybridized carbons (Fsp3) is 0.600. The van der Waals surface area contributed by atoms with E-state index in [2.05, 4.69) is 15.3 Å². The largest absolute Gasteiger partial charge is 0.393 e. The second-order valence-electron chi connectivity index (χ2n) is 7.95. The van der Waals surface area contributed by atoms with Crippen LogP contribution in [-0.2, 0) is 0 Å². The van der Waals surface area contributed by atoms with E-state index in [1.807, 2.05) is 18.2 Å². The van der Waals surface area contributed by atoms with Crippen molar-refractivity contribution < 1.29 is 18.3 Å². The summed E-state index contributed by atoms with van der Waals surface area (Å²) < 4.78 is 40.9. The summed E-state index contributed by atoms with van der Waals surface area (Å²) in [5.41, 5.74) is 2.01. The molecule has 2 atom stereocenters. The Balaban J connectivity index is 1.57. The van der Waals surface area contributed by atoms with Crippen molar-refractivity contribution in [3.05, 3.63) is 30.6 Å². The van der Waals surface area contributed by atoms with Crippen LogP contribution >= 0.6 is 0 Å². The van der Waals surface area contributed by atoms with Gasteiger partial charge in [-0.3, -0.25) is 9.97 Å². The molecule has 1 aliphatic heterocycles. The third kappa shape index (κ3) is 4.22. The predicted octanol–water partition coefficient (Wildman–Crippen LogP) is 3.28. The topological polar surface area (TPSA) is 61.3 Å². The number of alkyl halides is 3. The maximum atomic E-state index is 13.6. The molecule has 2 aliphatic rings. The van der Waals surface area contributed by atoms with Crippen LogP contribution in [0.3, 0.4) is 0 Å². The standard InChI is InChI=1S/C20H25F3N4O/c21-20(22,23)13-10-15(26-14-4-6-16(28)7-5-14)12-27(11-13)18-3-1-2-17-19(18)25-9-8-24-17/h1-3,8-9,13-16,26,28H,4-7,10-12H2/t13-,14?,15+,16?/m1/s1. The number of halogens is 3. The molecule has 5 nitrogen and oxygen atoms in total. The molecular formula is C20H25F3N4O. The molecule has 0 amide bonds. The lowest BCUT2D eigenvalue weighted by Crippen LogP contribution is -2.55. The van der Waals surface area contributed by atoms with Crippen LogP contribution in [0.2, 0.25) is 0 Å². The van der Waals surface area contributed by atoms with Gasteiger partial charge in [-0.1, -0.05) is 6.07 Å². The highest BCUT2D eigenvalue weighted by Gasteiger charge is 2.45. The van der Waals surface area contributed by atoms with Gasteiger partial charge in [0.05, 0.1) is 23.2 Å². The van der Waals surface area contributed by atoms with E-state index in [1.54, 1.807) is 17.3 Å². The fourth-order valence-corrected chi connectivity index (χ4v) is 4.46. The van der Waals surface area contributed by atoms with Crippen molar-refractivity contribution in [2.45, 2.75) is 56.5 Å². The summed E-state index contributed by atoms with van der Waals surface area (Å²) in [6.07, 6.45) is 1.72. The van der Waals surface area contributed by atoms with Gasteiger partial charge in [-0.15, -0.1) is 0 Å². The second-order valence-corrected chi connectivity index (χ2v) is 7.95. The van der Waals surface area contributed by atoms with E-state index in [0.29, 0.717) is 36.1 Å². The van der Waals surface area contributed by atoms with E-state index < -0.39 is 12.1 Å². The molecule has 2 aromatic rings. The molecule has 4 rings (SSSR count). The van der Waals surface area contributed by atoms with Crippen LogP contribution < -0.4 is 10.2 Å². The number of nitrogens with zero attached hydrogens (tertiary/aromatic N) is 3. The molecule has 1 aromatic carbocycles. The van der Waals surface area contributed by atoms with Gasteiger partial charge >= 0.3 is 6.18 Å². The number of benzene rings is 1. The number of anilines is 1. The van der Waals surface area contributed by atoms with Crippen LogP contribution in [0.1, 0.15) is 32.1 Å². The van der Waals surface area contributed by atoms with E-state index in [-0.39, 0.29) is 31.2 Å². The third-order valence-corrected chi connectivity index (χ3v) is 5.90. The van der Waals surface area contributed by atoms with E-state index in [0.717, 1.165) is 12.8 Å². The van der Waals surface area contributed by atoms with Crippen molar-refractivity contribution >= 4 is 16.7 Å². The summed E-state index contributed by atoms with van der Waals surface area (Å²) in [5.74, 6) is -1.39. The minimum atomic E-state index is -4.24. The Hall–Kier alpha value is -1.93. The molecule has 2 heterocycles. The number of hydrogen-bond donors (Lipinski definition) is 2. The number of aliphatic hydroxyl groups is 1. The zero-order chi connectivity index (χ0) is 19.7. The van der Waals surface area contributed by atoms with E-state index in [4.69, 9.17) is 0 Å². The summed E-state index contributed by atoms with van der Waals surface area (Å²) in [5, 5.41) is 13.1. The Kier molecular flexibility index (Phi) is 5.42. The number of aromatic nitrogens is 2. The van der Waals surface area contributed by atoms with Gasteiger partial charge in [-0.25, -0.2) is 0 Å². The maximum Gasteiger partial charge on any atom is 0.393 e. The van der Waals surface area contributed by atoms with E-state index in [1.165, 1.54) is 0 Å². The van der Waals surface area contributed by atoms with Gasteiger partial charge in [0.15, 0.2) is 0 Å². The smallest absolute Gasteiger partial charge is 0.393 e. The molecule has 1 aromatic heterocycles. The van der Waals surface area contributed by atoms with Crippen molar-refractivity contribution in [1.82, 2.24) is 15.3 Å².